The summed E-state index contributed by atoms with van der Waals surface area (Å²) in [4.78, 5) is 0. The fourth-order valence-electron chi connectivity index (χ4n) is 2.23. The Morgan fingerprint density at radius 3 is 2.38 bits per heavy atom. The van der Waals surface area contributed by atoms with Crippen LogP contribution in [-0.4, -0.2) is 18.0 Å². The maximum absolute atomic E-state index is 13.0. The van der Waals surface area contributed by atoms with E-state index in [1.165, 1.54) is 0 Å². The third kappa shape index (κ3) is 2.32. The molecule has 1 unspecified atom stereocenters. The van der Waals surface area contributed by atoms with Crippen molar-refractivity contribution in [1.29, 1.82) is 0 Å². The predicted octanol–water partition coefficient (Wildman–Crippen LogP) is 2.60. The fourth-order valence-corrected chi connectivity index (χ4v) is 2.23. The molecular formula is C9H16ClF2N. The van der Waals surface area contributed by atoms with Crippen LogP contribution in [0.2, 0.25) is 0 Å². The van der Waals surface area contributed by atoms with E-state index in [4.69, 9.17) is 0 Å². The molecule has 0 spiro atoms. The predicted molar refractivity (Wildman–Crippen MR) is 50.6 cm³/mol. The summed E-state index contributed by atoms with van der Waals surface area (Å²) in [7, 11) is 0. The van der Waals surface area contributed by atoms with E-state index in [2.05, 4.69) is 5.32 Å². The van der Waals surface area contributed by atoms with Crippen LogP contribution in [0.15, 0.2) is 0 Å². The second-order valence-corrected chi connectivity index (χ2v) is 4.40. The summed E-state index contributed by atoms with van der Waals surface area (Å²) in [6.45, 7) is 2.41. The topological polar surface area (TPSA) is 12.0 Å². The molecule has 0 bridgehead atoms. The molecule has 1 nitrogen and oxygen atoms in total. The lowest BCUT2D eigenvalue weighted by atomic mass is 9.84. The highest BCUT2D eigenvalue weighted by atomic mass is 35.5. The molecule has 78 valence electrons. The molecule has 13 heavy (non-hydrogen) atoms. The highest BCUT2D eigenvalue weighted by Gasteiger charge is 2.50. The first-order valence-electron chi connectivity index (χ1n) is 4.65. The van der Waals surface area contributed by atoms with Gasteiger partial charge in [0.1, 0.15) is 0 Å². The lowest BCUT2D eigenvalue weighted by Crippen LogP contribution is -2.54. The average Bonchev–Trinajstić information content (AvgIpc) is 2.62. The Hall–Kier alpha value is 0.110. The molecule has 1 saturated heterocycles. The van der Waals surface area contributed by atoms with Crippen molar-refractivity contribution >= 4 is 12.4 Å². The Bertz CT molecular complexity index is 194. The molecule has 1 heterocycles. The van der Waals surface area contributed by atoms with Gasteiger partial charge in [-0.2, -0.15) is 0 Å². The van der Waals surface area contributed by atoms with Gasteiger partial charge in [-0.1, -0.05) is 0 Å². The van der Waals surface area contributed by atoms with Crippen molar-refractivity contribution in [2.75, 3.05) is 6.54 Å². The first-order valence-corrected chi connectivity index (χ1v) is 4.65. The minimum atomic E-state index is -2.43. The van der Waals surface area contributed by atoms with Gasteiger partial charge in [0.2, 0.25) is 0 Å². The molecule has 0 aromatic rings. The van der Waals surface area contributed by atoms with Crippen molar-refractivity contribution in [3.05, 3.63) is 0 Å². The van der Waals surface area contributed by atoms with Crippen molar-refractivity contribution < 1.29 is 8.78 Å². The number of rotatable bonds is 1. The van der Waals surface area contributed by atoms with Crippen molar-refractivity contribution in [2.24, 2.45) is 5.92 Å². The molecule has 0 aromatic heterocycles. The van der Waals surface area contributed by atoms with E-state index >= 15 is 0 Å². The van der Waals surface area contributed by atoms with Crippen LogP contribution >= 0.6 is 12.4 Å². The minimum absolute atomic E-state index is 0. The Morgan fingerprint density at radius 2 is 1.92 bits per heavy atom. The normalized spacial score (nSPS) is 38.1. The van der Waals surface area contributed by atoms with Gasteiger partial charge in [-0.05, 0) is 25.7 Å². The number of halogens is 3. The van der Waals surface area contributed by atoms with E-state index in [1.54, 1.807) is 0 Å². The van der Waals surface area contributed by atoms with Gasteiger partial charge >= 0.3 is 0 Å². The molecule has 0 radical (unpaired) electrons. The van der Waals surface area contributed by atoms with Gasteiger partial charge in [-0.3, -0.25) is 0 Å². The quantitative estimate of drug-likeness (QED) is 0.703. The van der Waals surface area contributed by atoms with E-state index in [1.807, 2.05) is 6.92 Å². The smallest absolute Gasteiger partial charge is 0.251 e. The SMILES string of the molecule is CC1(C2CC2)CC(F)(F)CCN1.Cl. The van der Waals surface area contributed by atoms with Gasteiger partial charge in [0.05, 0.1) is 0 Å². The Labute approximate surface area is 83.7 Å². The molecule has 0 amide bonds. The monoisotopic (exact) mass is 211 g/mol. The summed E-state index contributed by atoms with van der Waals surface area (Å²) < 4.78 is 26.1. The lowest BCUT2D eigenvalue weighted by Gasteiger charge is -2.39. The molecule has 2 rings (SSSR count). The molecule has 1 saturated carbocycles. The van der Waals surface area contributed by atoms with Gasteiger partial charge in [-0.15, -0.1) is 12.4 Å². The van der Waals surface area contributed by atoms with Crippen LogP contribution in [0.5, 0.6) is 0 Å². The van der Waals surface area contributed by atoms with Crippen LogP contribution in [0, 0.1) is 5.92 Å². The number of hydrogen-bond acceptors (Lipinski definition) is 1. The molecule has 2 aliphatic rings. The highest BCUT2D eigenvalue weighted by molar-refractivity contribution is 5.85. The highest BCUT2D eigenvalue weighted by Crippen LogP contribution is 2.46. The summed E-state index contributed by atoms with van der Waals surface area (Å²) in [5.74, 6) is -1.92. The van der Waals surface area contributed by atoms with Crippen LogP contribution in [-0.2, 0) is 0 Å². The second kappa shape index (κ2) is 3.35. The first-order chi connectivity index (χ1) is 5.52. The van der Waals surface area contributed by atoms with Crippen LogP contribution in [0.3, 0.4) is 0 Å². The Balaban J connectivity index is 0.000000845. The minimum Gasteiger partial charge on any atom is -0.311 e. The standard InChI is InChI=1S/C9H15F2N.ClH/c1-8(7-2-3-7)6-9(10,11)4-5-12-8;/h7,12H,2-6H2,1H3;1H. The van der Waals surface area contributed by atoms with Crippen LogP contribution in [0.1, 0.15) is 32.6 Å². The molecule has 1 aliphatic heterocycles. The third-order valence-electron chi connectivity index (χ3n) is 3.12. The zero-order valence-corrected chi connectivity index (χ0v) is 8.59. The molecule has 2 fully saturated rings. The third-order valence-corrected chi connectivity index (χ3v) is 3.12. The van der Waals surface area contributed by atoms with Gasteiger partial charge in [0.25, 0.3) is 5.92 Å². The average molecular weight is 212 g/mol. The number of nitrogens with one attached hydrogen (secondary N) is 1. The van der Waals surface area contributed by atoms with Crippen molar-refractivity contribution in [3.63, 3.8) is 0 Å². The van der Waals surface area contributed by atoms with Crippen LogP contribution in [0.4, 0.5) is 8.78 Å². The van der Waals surface area contributed by atoms with Crippen molar-refractivity contribution in [3.8, 4) is 0 Å². The van der Waals surface area contributed by atoms with E-state index in [0.717, 1.165) is 12.8 Å². The van der Waals surface area contributed by atoms with E-state index in [9.17, 15) is 8.78 Å². The summed E-state index contributed by atoms with van der Waals surface area (Å²) in [5, 5.41) is 3.23. The molecular weight excluding hydrogens is 196 g/mol. The Morgan fingerprint density at radius 1 is 1.31 bits per heavy atom. The summed E-state index contributed by atoms with van der Waals surface area (Å²) >= 11 is 0. The Kier molecular flexibility index (Phi) is 2.89. The van der Waals surface area contributed by atoms with Gasteiger partial charge in [0.15, 0.2) is 0 Å². The van der Waals surface area contributed by atoms with Gasteiger partial charge in [0, 0.05) is 24.9 Å². The summed E-state index contributed by atoms with van der Waals surface area (Å²) in [6.07, 6.45) is 2.29. The summed E-state index contributed by atoms with van der Waals surface area (Å²) in [5.41, 5.74) is -0.276. The molecule has 0 aromatic carbocycles. The maximum Gasteiger partial charge on any atom is 0.251 e. The lowest BCUT2D eigenvalue weighted by molar-refractivity contribution is -0.0640. The summed E-state index contributed by atoms with van der Waals surface area (Å²) in [6, 6.07) is 0. The molecule has 4 heteroatoms. The largest absolute Gasteiger partial charge is 0.311 e. The van der Waals surface area contributed by atoms with E-state index in [0.29, 0.717) is 12.5 Å². The zero-order chi connectivity index (χ0) is 8.82. The molecule has 1 aliphatic carbocycles. The van der Waals surface area contributed by atoms with Crippen LogP contribution < -0.4 is 5.32 Å². The number of hydrogen-bond donors (Lipinski definition) is 1. The first kappa shape index (κ1) is 11.2. The number of piperidine rings is 1. The van der Waals surface area contributed by atoms with E-state index < -0.39 is 5.92 Å². The number of alkyl halides is 2. The van der Waals surface area contributed by atoms with Crippen molar-refractivity contribution in [2.45, 2.75) is 44.1 Å². The molecule has 1 atom stereocenters. The molecule has 1 N–H and O–H groups in total. The van der Waals surface area contributed by atoms with E-state index in [-0.39, 0.29) is 30.8 Å². The van der Waals surface area contributed by atoms with Crippen LogP contribution in [0.25, 0.3) is 0 Å². The van der Waals surface area contributed by atoms with Gasteiger partial charge in [-0.25, -0.2) is 8.78 Å². The second-order valence-electron chi connectivity index (χ2n) is 4.40. The zero-order valence-electron chi connectivity index (χ0n) is 7.78. The maximum atomic E-state index is 13.0. The van der Waals surface area contributed by atoms with Gasteiger partial charge < -0.3 is 5.32 Å². The fraction of sp³-hybridized carbons (Fsp3) is 1.00. The van der Waals surface area contributed by atoms with Crippen molar-refractivity contribution in [1.82, 2.24) is 5.32 Å².